The van der Waals surface area contributed by atoms with Gasteiger partial charge in [-0.1, -0.05) is 18.2 Å². The van der Waals surface area contributed by atoms with E-state index in [4.69, 9.17) is 4.74 Å². The lowest BCUT2D eigenvalue weighted by atomic mass is 9.89. The summed E-state index contributed by atoms with van der Waals surface area (Å²) in [5.74, 6) is -0.231. The van der Waals surface area contributed by atoms with E-state index >= 15 is 0 Å². The number of aromatic amines is 1. The molecule has 2 fully saturated rings. The molecule has 2 heterocycles. The molecule has 8 nitrogen and oxygen atoms in total. The molecular weight excluding hydrogens is 444 g/mol. The van der Waals surface area contributed by atoms with E-state index in [9.17, 15) is 14.7 Å². The lowest BCUT2D eigenvalue weighted by Crippen LogP contribution is -2.55. The molecule has 8 heteroatoms. The van der Waals surface area contributed by atoms with Crippen molar-refractivity contribution < 1.29 is 19.4 Å². The highest BCUT2D eigenvalue weighted by molar-refractivity contribution is 5.86. The van der Waals surface area contributed by atoms with Crippen LogP contribution in [0.3, 0.4) is 0 Å². The number of benzene rings is 1. The average molecular weight is 485 g/mol. The molecular formula is C27H40N4O4. The lowest BCUT2D eigenvalue weighted by molar-refractivity contribution is -0.141. The van der Waals surface area contributed by atoms with E-state index in [0.717, 1.165) is 42.1 Å². The third-order valence-corrected chi connectivity index (χ3v) is 7.38. The number of hydrogen-bond acceptors (Lipinski definition) is 5. The number of nitrogens with one attached hydrogen (secondary N) is 3. The highest BCUT2D eigenvalue weighted by Crippen LogP contribution is 2.40. The van der Waals surface area contributed by atoms with Gasteiger partial charge in [-0.3, -0.25) is 9.59 Å². The Morgan fingerprint density at radius 3 is 2.74 bits per heavy atom. The number of H-pyrrole nitrogens is 1. The van der Waals surface area contributed by atoms with Crippen LogP contribution in [0.25, 0.3) is 10.9 Å². The fraction of sp³-hybridized carbons (Fsp3) is 0.630. The van der Waals surface area contributed by atoms with E-state index in [1.54, 1.807) is 21.0 Å². The van der Waals surface area contributed by atoms with Gasteiger partial charge in [-0.25, -0.2) is 0 Å². The molecule has 4 N–H and O–H groups in total. The van der Waals surface area contributed by atoms with Gasteiger partial charge in [0.05, 0.1) is 24.0 Å². The van der Waals surface area contributed by atoms with Crippen molar-refractivity contribution in [3.8, 4) is 0 Å². The van der Waals surface area contributed by atoms with Gasteiger partial charge < -0.3 is 30.4 Å². The molecule has 192 valence electrons. The summed E-state index contributed by atoms with van der Waals surface area (Å²) in [4.78, 5) is 32.2. The van der Waals surface area contributed by atoms with Crippen molar-refractivity contribution in [3.63, 3.8) is 0 Å². The molecule has 1 saturated heterocycles. The fourth-order valence-corrected chi connectivity index (χ4v) is 5.08. The highest BCUT2D eigenvalue weighted by Gasteiger charge is 2.42. The van der Waals surface area contributed by atoms with Gasteiger partial charge in [0.25, 0.3) is 0 Å². The molecule has 0 spiro atoms. The number of piperidine rings is 1. The first-order chi connectivity index (χ1) is 16.9. The Morgan fingerprint density at radius 2 is 2.03 bits per heavy atom. The van der Waals surface area contributed by atoms with E-state index in [1.807, 2.05) is 12.1 Å². The number of amides is 2. The van der Waals surface area contributed by atoms with Crippen molar-refractivity contribution in [1.82, 2.24) is 20.5 Å². The molecule has 1 unspecified atom stereocenters. The molecule has 0 bridgehead atoms. The van der Waals surface area contributed by atoms with Crippen LogP contribution < -0.4 is 10.6 Å². The van der Waals surface area contributed by atoms with Crippen molar-refractivity contribution in [2.75, 3.05) is 33.4 Å². The maximum Gasteiger partial charge on any atom is 0.228 e. The number of nitrogens with zero attached hydrogens (tertiary/aromatic N) is 1. The first-order valence-corrected chi connectivity index (χ1v) is 12.9. The topological polar surface area (TPSA) is 107 Å². The van der Waals surface area contributed by atoms with E-state index in [0.29, 0.717) is 26.1 Å². The number of rotatable bonds is 11. The Labute approximate surface area is 207 Å². The number of fused-ring (bicyclic) bond motifs is 1. The van der Waals surface area contributed by atoms with Gasteiger partial charge >= 0.3 is 0 Å². The van der Waals surface area contributed by atoms with Crippen molar-refractivity contribution in [2.45, 2.75) is 64.1 Å². The van der Waals surface area contributed by atoms with E-state index in [2.05, 4.69) is 38.8 Å². The number of methoxy groups -OCH3 is 1. The summed E-state index contributed by atoms with van der Waals surface area (Å²) in [6, 6.07) is 8.35. The van der Waals surface area contributed by atoms with Gasteiger partial charge in [0, 0.05) is 56.0 Å². The van der Waals surface area contributed by atoms with Crippen LogP contribution in [-0.4, -0.2) is 72.3 Å². The number of aromatic nitrogens is 1. The first-order valence-electron chi connectivity index (χ1n) is 12.9. The van der Waals surface area contributed by atoms with Crippen LogP contribution in [0.2, 0.25) is 0 Å². The molecule has 0 radical (unpaired) electrons. The van der Waals surface area contributed by atoms with Crippen LogP contribution in [0.1, 0.15) is 57.6 Å². The molecule has 1 aliphatic carbocycles. The number of aliphatic hydroxyl groups excluding tert-OH is 1. The van der Waals surface area contributed by atoms with Crippen molar-refractivity contribution >= 4 is 22.7 Å². The first kappa shape index (κ1) is 25.7. The van der Waals surface area contributed by atoms with Gasteiger partial charge in [0.2, 0.25) is 11.8 Å². The van der Waals surface area contributed by atoms with Crippen LogP contribution in [0.15, 0.2) is 30.5 Å². The normalized spacial score (nSPS) is 21.6. The summed E-state index contributed by atoms with van der Waals surface area (Å²) >= 11 is 0. The summed E-state index contributed by atoms with van der Waals surface area (Å²) in [7, 11) is 1.71. The molecule has 3 atom stereocenters. The van der Waals surface area contributed by atoms with E-state index < -0.39 is 5.41 Å². The Hall–Kier alpha value is -2.42. The predicted octanol–water partition coefficient (Wildman–Crippen LogP) is 2.74. The third-order valence-electron chi connectivity index (χ3n) is 7.38. The Kier molecular flexibility index (Phi) is 8.14. The van der Waals surface area contributed by atoms with Gasteiger partial charge in [-0.05, 0) is 57.6 Å². The van der Waals surface area contributed by atoms with Crippen LogP contribution >= 0.6 is 0 Å². The van der Waals surface area contributed by atoms with Gasteiger partial charge in [0.15, 0.2) is 0 Å². The van der Waals surface area contributed by atoms with Gasteiger partial charge in [-0.15, -0.1) is 0 Å². The molecule has 2 aliphatic rings. The SMILES string of the molecule is COCCCC(c1c[nH]c2ccccc12)N(C(=O)[C@@H]1CNC[C@H](NC(=O)C(C)(C)CO)C1)C1CC1. The molecule has 1 aromatic carbocycles. The van der Waals surface area contributed by atoms with Crippen LogP contribution in [0.5, 0.6) is 0 Å². The number of carbonyl (C=O) groups excluding carboxylic acids is 2. The minimum absolute atomic E-state index is 0.0235. The van der Waals surface area contributed by atoms with Crippen molar-refractivity contribution in [3.05, 3.63) is 36.0 Å². The Bertz CT molecular complexity index is 1020. The van der Waals surface area contributed by atoms with Crippen LogP contribution in [0, 0.1) is 11.3 Å². The predicted molar refractivity (Wildman–Crippen MR) is 136 cm³/mol. The fourth-order valence-electron chi connectivity index (χ4n) is 5.08. The standard InChI is InChI=1S/C27H40N4O4/c1-27(2,17-32)26(34)30-19-13-18(14-28-15-19)25(33)31(20-10-11-20)24(9-6-12-35-3)22-16-29-23-8-5-4-7-21(22)23/h4-5,7-8,16,18-20,24,28-29,32H,6,9-15,17H2,1-3H3,(H,30,34)/t18-,19+,24?/m0/s1. The second-order valence-electron chi connectivity index (χ2n) is 10.7. The zero-order chi connectivity index (χ0) is 25.0. The minimum Gasteiger partial charge on any atom is -0.395 e. The summed E-state index contributed by atoms with van der Waals surface area (Å²) in [5.41, 5.74) is 1.39. The largest absolute Gasteiger partial charge is 0.395 e. The summed E-state index contributed by atoms with van der Waals surface area (Å²) in [6.07, 6.45) is 6.42. The molecule has 2 aromatic rings. The second kappa shape index (κ2) is 11.1. The monoisotopic (exact) mass is 484 g/mol. The van der Waals surface area contributed by atoms with Crippen LogP contribution in [-0.2, 0) is 14.3 Å². The average Bonchev–Trinajstić information content (AvgIpc) is 3.61. The maximum absolute atomic E-state index is 14.1. The number of para-hydroxylation sites is 1. The van der Waals surface area contributed by atoms with Gasteiger partial charge in [0.1, 0.15) is 0 Å². The van der Waals surface area contributed by atoms with Gasteiger partial charge in [-0.2, -0.15) is 0 Å². The molecule has 35 heavy (non-hydrogen) atoms. The van der Waals surface area contributed by atoms with Crippen molar-refractivity contribution in [2.24, 2.45) is 11.3 Å². The molecule has 1 aliphatic heterocycles. The number of ether oxygens (including phenoxy) is 1. The number of aliphatic hydroxyl groups is 1. The zero-order valence-corrected chi connectivity index (χ0v) is 21.2. The quantitative estimate of drug-likeness (QED) is 0.367. The summed E-state index contributed by atoms with van der Waals surface area (Å²) < 4.78 is 5.34. The summed E-state index contributed by atoms with van der Waals surface area (Å²) in [5, 5.41) is 17.1. The highest BCUT2D eigenvalue weighted by atomic mass is 16.5. The maximum atomic E-state index is 14.1. The number of carbonyl (C=O) groups is 2. The van der Waals surface area contributed by atoms with Crippen molar-refractivity contribution in [1.29, 1.82) is 0 Å². The van der Waals surface area contributed by atoms with E-state index in [1.165, 1.54) is 0 Å². The molecule has 2 amide bonds. The lowest BCUT2D eigenvalue weighted by Gasteiger charge is -2.38. The zero-order valence-electron chi connectivity index (χ0n) is 21.2. The Balaban J connectivity index is 1.55. The Morgan fingerprint density at radius 1 is 1.26 bits per heavy atom. The number of hydrogen-bond donors (Lipinski definition) is 4. The third kappa shape index (κ3) is 5.88. The van der Waals surface area contributed by atoms with Crippen LogP contribution in [0.4, 0.5) is 0 Å². The minimum atomic E-state index is -0.848. The molecule has 1 saturated carbocycles. The smallest absolute Gasteiger partial charge is 0.228 e. The second-order valence-corrected chi connectivity index (χ2v) is 10.7. The summed E-state index contributed by atoms with van der Waals surface area (Å²) in [6.45, 7) is 5.12. The molecule has 1 aromatic heterocycles. The van der Waals surface area contributed by atoms with E-state index in [-0.39, 0.29) is 42.5 Å². The molecule has 4 rings (SSSR count).